The molecular weight excluding hydrogens is 135 g/mol. The summed E-state index contributed by atoms with van der Waals surface area (Å²) in [5.74, 6) is 0. The van der Waals surface area contributed by atoms with E-state index in [1.165, 1.54) is 15.6 Å². The first-order chi connectivity index (χ1) is 4.75. The lowest BCUT2D eigenvalue weighted by Crippen LogP contribution is -2.10. The molecule has 0 atom stereocenters. The molecule has 0 saturated heterocycles. The molecule has 1 aromatic rings. The lowest BCUT2D eigenvalue weighted by Gasteiger charge is -2.06. The Hall–Kier alpha value is -0.248. The molecule has 0 nitrogen and oxygen atoms in total. The average molecular weight is 146 g/mol. The summed E-state index contributed by atoms with van der Waals surface area (Å²) in [5.41, 5.74) is 2.86. The van der Waals surface area contributed by atoms with E-state index in [2.05, 4.69) is 48.3 Å². The summed E-state index contributed by atoms with van der Waals surface area (Å²) in [5, 5.41) is 0. The molecule has 2 radical (unpaired) electrons. The Bertz CT molecular complexity index is 208. The molecule has 1 aromatic carbocycles. The van der Waals surface area contributed by atoms with Gasteiger partial charge >= 0.3 is 0 Å². The third-order valence-electron chi connectivity index (χ3n) is 1.80. The van der Waals surface area contributed by atoms with Crippen LogP contribution in [0.5, 0.6) is 0 Å². The third kappa shape index (κ3) is 1.42. The maximum Gasteiger partial charge on any atom is 0.176 e. The first-order valence-corrected chi connectivity index (χ1v) is 4.17. The van der Waals surface area contributed by atoms with E-state index in [1.807, 2.05) is 0 Å². The van der Waals surface area contributed by atoms with Gasteiger partial charge in [0.1, 0.15) is 0 Å². The van der Waals surface area contributed by atoms with Crippen LogP contribution in [0, 0.1) is 6.92 Å². The Kier molecular flexibility index (Phi) is 2.54. The highest BCUT2D eigenvalue weighted by molar-refractivity contribution is 6.33. The molecule has 0 N–H and O–H groups in total. The molecule has 1 heteroatoms. The molecule has 0 aliphatic carbocycles. The van der Waals surface area contributed by atoms with E-state index in [0.29, 0.717) is 0 Å². The van der Waals surface area contributed by atoms with E-state index < -0.39 is 0 Å². The molecule has 0 bridgehead atoms. The minimum atomic E-state index is 1.13. The van der Waals surface area contributed by atoms with Crippen LogP contribution >= 0.6 is 0 Å². The van der Waals surface area contributed by atoms with Crippen LogP contribution in [0.3, 0.4) is 0 Å². The second-order valence-corrected chi connectivity index (χ2v) is 3.12. The summed E-state index contributed by atoms with van der Waals surface area (Å²) in [6, 6.07) is 6.39. The quantitative estimate of drug-likeness (QED) is 0.525. The van der Waals surface area contributed by atoms with Gasteiger partial charge in [-0.1, -0.05) is 30.7 Å². The second-order valence-electron chi connectivity index (χ2n) is 2.50. The van der Waals surface area contributed by atoms with Crippen molar-refractivity contribution in [1.82, 2.24) is 0 Å². The van der Waals surface area contributed by atoms with Gasteiger partial charge in [-0.25, -0.2) is 0 Å². The summed E-state index contributed by atoms with van der Waals surface area (Å²) >= 11 is 2.77. The minimum Gasteiger partial charge on any atom is -0.136 e. The van der Waals surface area contributed by atoms with Crippen LogP contribution in [0.15, 0.2) is 18.2 Å². The van der Waals surface area contributed by atoms with Crippen LogP contribution < -0.4 is 4.43 Å². The number of hydrogen-bond donors (Lipinski definition) is 0. The van der Waals surface area contributed by atoms with Gasteiger partial charge in [0, 0.05) is 0 Å². The van der Waals surface area contributed by atoms with Gasteiger partial charge in [0.15, 0.2) is 16.3 Å². The van der Waals surface area contributed by atoms with Gasteiger partial charge in [0.05, 0.1) is 0 Å². The average Bonchev–Trinajstić information content (AvgIpc) is 1.88. The van der Waals surface area contributed by atoms with Crippen molar-refractivity contribution in [1.29, 1.82) is 0 Å². The van der Waals surface area contributed by atoms with E-state index in [9.17, 15) is 0 Å². The molecule has 0 spiro atoms. The molecule has 0 amide bonds. The molecule has 0 aliphatic heterocycles. The Morgan fingerprint density at radius 1 is 1.40 bits per heavy atom. The summed E-state index contributed by atoms with van der Waals surface area (Å²) in [6.45, 7) is 4.35. The largest absolute Gasteiger partial charge is 0.176 e. The highest BCUT2D eigenvalue weighted by atomic mass is 27.0. The number of hydrogen-bond acceptors (Lipinski definition) is 0. The fraction of sp³-hybridized carbons (Fsp3) is 0.333. The van der Waals surface area contributed by atoms with Gasteiger partial charge in [-0.3, -0.25) is 0 Å². The first-order valence-electron chi connectivity index (χ1n) is 3.59. The van der Waals surface area contributed by atoms with Crippen molar-refractivity contribution in [3.63, 3.8) is 0 Å². The Morgan fingerprint density at radius 3 is 2.50 bits per heavy atom. The molecule has 10 heavy (non-hydrogen) atoms. The van der Waals surface area contributed by atoms with Crippen molar-refractivity contribution >= 4 is 20.7 Å². The van der Waals surface area contributed by atoms with Gasteiger partial charge in [0.25, 0.3) is 0 Å². The third-order valence-corrected chi connectivity index (χ3v) is 2.34. The van der Waals surface area contributed by atoms with Crippen molar-refractivity contribution in [3.05, 3.63) is 29.3 Å². The van der Waals surface area contributed by atoms with Gasteiger partial charge in [-0.15, -0.1) is 4.43 Å². The predicted octanol–water partition coefficient (Wildman–Crippen LogP) is 1.35. The molecule has 0 heterocycles. The Labute approximate surface area is 70.7 Å². The van der Waals surface area contributed by atoms with Crippen LogP contribution in [-0.2, 0) is 6.42 Å². The van der Waals surface area contributed by atoms with E-state index in [0.717, 1.165) is 6.42 Å². The van der Waals surface area contributed by atoms with Gasteiger partial charge < -0.3 is 0 Å². The highest BCUT2D eigenvalue weighted by Gasteiger charge is 1.95. The standard InChI is InChI=1S/C9H11.Al/c1-3-9-7-5-4-6-8(9)2;/h4-6H,3H2,1-2H3;. The fourth-order valence-electron chi connectivity index (χ4n) is 1.21. The van der Waals surface area contributed by atoms with Crippen LogP contribution in [0.2, 0.25) is 0 Å². The van der Waals surface area contributed by atoms with Crippen molar-refractivity contribution in [2.75, 3.05) is 0 Å². The number of benzene rings is 1. The molecular formula is C9H11Al. The van der Waals surface area contributed by atoms with Crippen LogP contribution in [0.4, 0.5) is 0 Å². The summed E-state index contributed by atoms with van der Waals surface area (Å²) < 4.78 is 1.34. The van der Waals surface area contributed by atoms with Gasteiger partial charge in [-0.2, -0.15) is 0 Å². The normalized spacial score (nSPS) is 9.80. The molecule has 50 valence electrons. The topological polar surface area (TPSA) is 0 Å². The molecule has 0 fully saturated rings. The Balaban J connectivity index is 3.17. The zero-order chi connectivity index (χ0) is 7.56. The van der Waals surface area contributed by atoms with Gasteiger partial charge in [-0.05, 0) is 18.9 Å². The molecule has 1 rings (SSSR count). The Morgan fingerprint density at radius 2 is 2.10 bits per heavy atom. The molecule has 0 saturated carbocycles. The number of rotatable bonds is 1. The van der Waals surface area contributed by atoms with Crippen LogP contribution in [0.25, 0.3) is 0 Å². The SMILES string of the molecule is CCc1c(C)ccc[c]1[Al]. The van der Waals surface area contributed by atoms with Crippen molar-refractivity contribution in [2.45, 2.75) is 20.3 Å². The summed E-state index contributed by atoms with van der Waals surface area (Å²) in [7, 11) is 0. The molecule has 0 aliphatic rings. The van der Waals surface area contributed by atoms with E-state index in [1.54, 1.807) is 0 Å². The molecule has 0 aromatic heterocycles. The summed E-state index contributed by atoms with van der Waals surface area (Å²) in [4.78, 5) is 0. The maximum atomic E-state index is 2.77. The van der Waals surface area contributed by atoms with E-state index in [4.69, 9.17) is 0 Å². The second kappa shape index (κ2) is 3.23. The van der Waals surface area contributed by atoms with E-state index >= 15 is 0 Å². The first kappa shape index (κ1) is 7.86. The number of aryl methyl sites for hydroxylation is 1. The monoisotopic (exact) mass is 146 g/mol. The smallest absolute Gasteiger partial charge is 0.136 e. The van der Waals surface area contributed by atoms with Crippen molar-refractivity contribution < 1.29 is 0 Å². The van der Waals surface area contributed by atoms with Crippen molar-refractivity contribution in [3.8, 4) is 0 Å². The molecule has 0 unspecified atom stereocenters. The maximum absolute atomic E-state index is 2.77. The van der Waals surface area contributed by atoms with Gasteiger partial charge in [0.2, 0.25) is 0 Å². The predicted molar refractivity (Wildman–Crippen MR) is 45.9 cm³/mol. The lowest BCUT2D eigenvalue weighted by molar-refractivity contribution is 1.12. The minimum absolute atomic E-state index is 1.13. The zero-order valence-electron chi connectivity index (χ0n) is 6.52. The summed E-state index contributed by atoms with van der Waals surface area (Å²) in [6.07, 6.45) is 1.13. The lowest BCUT2D eigenvalue weighted by atomic mass is 10.1. The zero-order valence-corrected chi connectivity index (χ0v) is 7.67. The highest BCUT2D eigenvalue weighted by Crippen LogP contribution is 2.03. The van der Waals surface area contributed by atoms with E-state index in [-0.39, 0.29) is 0 Å². The van der Waals surface area contributed by atoms with Crippen molar-refractivity contribution in [2.24, 2.45) is 0 Å². The van der Waals surface area contributed by atoms with Crippen LogP contribution in [-0.4, -0.2) is 16.3 Å². The fourth-order valence-corrected chi connectivity index (χ4v) is 1.75. The van der Waals surface area contributed by atoms with Crippen LogP contribution in [0.1, 0.15) is 18.1 Å².